The lowest BCUT2D eigenvalue weighted by atomic mass is 9.96. The van der Waals surface area contributed by atoms with Crippen LogP contribution in [0.2, 0.25) is 0 Å². The molecule has 1 aromatic heterocycles. The van der Waals surface area contributed by atoms with Crippen molar-refractivity contribution in [3.8, 4) is 0 Å². The van der Waals surface area contributed by atoms with Crippen LogP contribution in [0.15, 0.2) is 29.5 Å². The summed E-state index contributed by atoms with van der Waals surface area (Å²) in [5, 5.41) is 2.36. The Balaban J connectivity index is 3.30. The number of hydrogen-bond acceptors (Lipinski definition) is 3. The number of allylic oxidation sites excluding steroid dienone is 1. The van der Waals surface area contributed by atoms with Crippen LogP contribution in [0.25, 0.3) is 0 Å². The molecule has 5 nitrogen and oxygen atoms in total. The Labute approximate surface area is 132 Å². The second kappa shape index (κ2) is 6.80. The van der Waals surface area contributed by atoms with E-state index >= 15 is 0 Å². The van der Waals surface area contributed by atoms with E-state index in [9.17, 15) is 18.0 Å². The van der Waals surface area contributed by atoms with E-state index in [0.29, 0.717) is 0 Å². The number of carbonyl (C=O) groups excluding carboxylic acids is 1. The largest absolute Gasteiger partial charge is 0.417 e. The maximum atomic E-state index is 13.2. The normalized spacial score (nSPS) is 13.4. The molecule has 1 amide bonds. The predicted molar refractivity (Wildman–Crippen MR) is 82.9 cm³/mol. The number of alkyl halides is 3. The lowest BCUT2D eigenvalue weighted by Gasteiger charge is -2.18. The third kappa shape index (κ3) is 5.08. The Kier molecular flexibility index (Phi) is 5.52. The quantitative estimate of drug-likeness (QED) is 0.660. The average Bonchev–Trinajstić information content (AvgIpc) is 2.42. The molecule has 0 aliphatic carbocycles. The van der Waals surface area contributed by atoms with E-state index < -0.39 is 23.1 Å². The van der Waals surface area contributed by atoms with Crippen molar-refractivity contribution in [3.05, 3.63) is 35.7 Å². The summed E-state index contributed by atoms with van der Waals surface area (Å²) in [5.41, 5.74) is 3.46. The van der Waals surface area contributed by atoms with Crippen molar-refractivity contribution in [2.75, 3.05) is 5.32 Å². The molecule has 0 spiro atoms. The van der Waals surface area contributed by atoms with Crippen molar-refractivity contribution in [1.82, 2.24) is 4.98 Å². The lowest BCUT2D eigenvalue weighted by Crippen LogP contribution is -2.28. The van der Waals surface area contributed by atoms with Crippen molar-refractivity contribution >= 4 is 17.6 Å². The standard InChI is InChI=1S/C15H19F3N4O/c1-5-6-20-12(19)9-8-21-11(7-10(9)15(16,17)18)22-13(23)14(2,3)4/h5-8H,1-4H3,(H2,19,20)(H,21,22,23)/b6-5+. The van der Waals surface area contributed by atoms with Gasteiger partial charge >= 0.3 is 6.18 Å². The van der Waals surface area contributed by atoms with Gasteiger partial charge in [0.2, 0.25) is 5.91 Å². The Morgan fingerprint density at radius 3 is 2.43 bits per heavy atom. The molecule has 8 heteroatoms. The van der Waals surface area contributed by atoms with Crippen LogP contribution in [0.3, 0.4) is 0 Å². The molecule has 0 radical (unpaired) electrons. The number of anilines is 1. The minimum atomic E-state index is -4.66. The number of halogens is 3. The van der Waals surface area contributed by atoms with E-state index in [1.165, 1.54) is 12.3 Å². The van der Waals surface area contributed by atoms with Gasteiger partial charge in [0.25, 0.3) is 0 Å². The van der Waals surface area contributed by atoms with Gasteiger partial charge in [0.1, 0.15) is 11.7 Å². The number of nitrogens with zero attached hydrogens (tertiary/aromatic N) is 2. The van der Waals surface area contributed by atoms with Crippen LogP contribution in [0, 0.1) is 5.41 Å². The zero-order valence-electron chi connectivity index (χ0n) is 13.3. The maximum Gasteiger partial charge on any atom is 0.417 e. The molecule has 0 aromatic carbocycles. The predicted octanol–water partition coefficient (Wildman–Crippen LogP) is 3.32. The first kappa shape index (κ1) is 18.7. The van der Waals surface area contributed by atoms with Gasteiger partial charge in [0.15, 0.2) is 0 Å². The molecule has 0 saturated heterocycles. The summed E-state index contributed by atoms with van der Waals surface area (Å²) in [7, 11) is 0. The summed E-state index contributed by atoms with van der Waals surface area (Å²) in [6.07, 6.45) is -0.894. The third-order valence-corrected chi connectivity index (χ3v) is 2.77. The number of aliphatic imine (C=N–C) groups is 1. The van der Waals surface area contributed by atoms with Crippen molar-refractivity contribution in [1.29, 1.82) is 0 Å². The molecule has 1 rings (SSSR count). The molecule has 0 atom stereocenters. The zero-order valence-corrected chi connectivity index (χ0v) is 13.3. The molecular formula is C15H19F3N4O. The van der Waals surface area contributed by atoms with E-state index in [1.807, 2.05) is 0 Å². The highest BCUT2D eigenvalue weighted by Gasteiger charge is 2.35. The fourth-order valence-electron chi connectivity index (χ4n) is 1.49. The minimum Gasteiger partial charge on any atom is -0.383 e. The molecule has 1 heterocycles. The van der Waals surface area contributed by atoms with Gasteiger partial charge in [-0.2, -0.15) is 13.2 Å². The second-order valence-electron chi connectivity index (χ2n) is 5.81. The first-order chi connectivity index (χ1) is 10.5. The molecule has 23 heavy (non-hydrogen) atoms. The fourth-order valence-corrected chi connectivity index (χ4v) is 1.49. The first-order valence-corrected chi connectivity index (χ1v) is 6.80. The van der Waals surface area contributed by atoms with Gasteiger partial charge < -0.3 is 11.1 Å². The van der Waals surface area contributed by atoms with Gasteiger partial charge in [-0.05, 0) is 13.0 Å². The van der Waals surface area contributed by atoms with E-state index in [0.717, 1.165) is 12.3 Å². The van der Waals surface area contributed by atoms with E-state index in [4.69, 9.17) is 5.73 Å². The number of amides is 1. The molecule has 0 bridgehead atoms. The highest BCUT2D eigenvalue weighted by atomic mass is 19.4. The number of hydrogen-bond donors (Lipinski definition) is 2. The van der Waals surface area contributed by atoms with Gasteiger partial charge in [-0.15, -0.1) is 0 Å². The van der Waals surface area contributed by atoms with Gasteiger partial charge in [0.05, 0.1) is 5.56 Å². The topological polar surface area (TPSA) is 80.4 Å². The Bertz CT molecular complexity index is 643. The second-order valence-corrected chi connectivity index (χ2v) is 5.81. The van der Waals surface area contributed by atoms with Gasteiger partial charge in [0, 0.05) is 23.4 Å². The van der Waals surface area contributed by atoms with E-state index in [1.54, 1.807) is 27.7 Å². The molecular weight excluding hydrogens is 309 g/mol. The smallest absolute Gasteiger partial charge is 0.383 e. The molecule has 0 aliphatic rings. The van der Waals surface area contributed by atoms with Crippen molar-refractivity contribution in [2.24, 2.45) is 16.1 Å². The number of aromatic nitrogens is 1. The molecule has 1 aromatic rings. The number of nitrogens with two attached hydrogens (primary N) is 1. The van der Waals surface area contributed by atoms with Crippen LogP contribution in [-0.2, 0) is 11.0 Å². The number of nitrogens with one attached hydrogen (secondary N) is 1. The SMILES string of the molecule is C/C=C/N=C(N)c1cnc(NC(=O)C(C)(C)C)cc1C(F)(F)F. The Morgan fingerprint density at radius 1 is 1.35 bits per heavy atom. The number of amidine groups is 1. The number of rotatable bonds is 3. The Hall–Kier alpha value is -2.38. The highest BCUT2D eigenvalue weighted by Crippen LogP contribution is 2.33. The van der Waals surface area contributed by atoms with E-state index in [-0.39, 0.29) is 17.2 Å². The van der Waals surface area contributed by atoms with Gasteiger partial charge in [-0.25, -0.2) is 9.98 Å². The molecule has 126 valence electrons. The van der Waals surface area contributed by atoms with E-state index in [2.05, 4.69) is 15.3 Å². The first-order valence-electron chi connectivity index (χ1n) is 6.80. The molecule has 0 unspecified atom stereocenters. The zero-order chi connectivity index (χ0) is 17.8. The van der Waals surface area contributed by atoms with Crippen LogP contribution in [0.4, 0.5) is 19.0 Å². The van der Waals surface area contributed by atoms with Crippen LogP contribution in [-0.4, -0.2) is 16.7 Å². The molecule has 0 fully saturated rings. The fraction of sp³-hybridized carbons (Fsp3) is 0.400. The van der Waals surface area contributed by atoms with Gasteiger partial charge in [-0.1, -0.05) is 26.8 Å². The lowest BCUT2D eigenvalue weighted by molar-refractivity contribution is -0.137. The van der Waals surface area contributed by atoms with Crippen molar-refractivity contribution < 1.29 is 18.0 Å². The van der Waals surface area contributed by atoms with Crippen molar-refractivity contribution in [3.63, 3.8) is 0 Å². The van der Waals surface area contributed by atoms with Crippen LogP contribution in [0.5, 0.6) is 0 Å². The van der Waals surface area contributed by atoms with Crippen LogP contribution >= 0.6 is 0 Å². The summed E-state index contributed by atoms with van der Waals surface area (Å²) < 4.78 is 39.6. The minimum absolute atomic E-state index is 0.195. The maximum absolute atomic E-state index is 13.2. The number of carbonyl (C=O) groups is 1. The summed E-state index contributed by atoms with van der Waals surface area (Å²) in [4.78, 5) is 19.4. The third-order valence-electron chi connectivity index (χ3n) is 2.77. The Morgan fingerprint density at radius 2 is 1.96 bits per heavy atom. The van der Waals surface area contributed by atoms with Crippen LogP contribution in [0.1, 0.15) is 38.8 Å². The molecule has 3 N–H and O–H groups in total. The van der Waals surface area contributed by atoms with Crippen LogP contribution < -0.4 is 11.1 Å². The monoisotopic (exact) mass is 328 g/mol. The highest BCUT2D eigenvalue weighted by molar-refractivity contribution is 6.00. The summed E-state index contributed by atoms with van der Waals surface area (Å²) >= 11 is 0. The van der Waals surface area contributed by atoms with Crippen molar-refractivity contribution in [2.45, 2.75) is 33.9 Å². The molecule has 0 saturated carbocycles. The summed E-state index contributed by atoms with van der Waals surface area (Å²) in [6.45, 7) is 6.58. The van der Waals surface area contributed by atoms with Gasteiger partial charge in [-0.3, -0.25) is 4.79 Å². The molecule has 0 aliphatic heterocycles. The summed E-state index contributed by atoms with van der Waals surface area (Å²) in [5.74, 6) is -0.946. The summed E-state index contributed by atoms with van der Waals surface area (Å²) in [6, 6.07) is 0.747. The number of pyridine rings is 1. The average molecular weight is 328 g/mol.